The number of nitrogens with zero attached hydrogens (tertiary/aromatic N) is 5. The number of nitrogens with two attached hydrogens (primary N) is 1. The molecule has 36 heavy (non-hydrogen) atoms. The SMILES string of the molecule is C=CC(=O)N1CCC(N2CC(C#Cc3c(-c4ccc(Cl)c(OC)c4)c4c(N)ncnc4n3C)C2)CC1. The third kappa shape index (κ3) is 4.29. The summed E-state index contributed by atoms with van der Waals surface area (Å²) >= 11 is 6.28. The van der Waals surface area contributed by atoms with Crippen LogP contribution >= 0.6 is 11.6 Å². The highest BCUT2D eigenvalue weighted by Crippen LogP contribution is 2.39. The molecule has 0 atom stereocenters. The largest absolute Gasteiger partial charge is 0.495 e. The highest BCUT2D eigenvalue weighted by atomic mass is 35.5. The Balaban J connectivity index is 1.39. The molecule has 2 fully saturated rings. The normalized spacial score (nSPS) is 16.9. The molecule has 0 spiro atoms. The second-order valence-corrected chi connectivity index (χ2v) is 9.68. The molecule has 2 aromatic heterocycles. The van der Waals surface area contributed by atoms with Crippen LogP contribution in [0.3, 0.4) is 0 Å². The number of rotatable bonds is 4. The first-order chi connectivity index (χ1) is 17.4. The Hall–Kier alpha value is -3.54. The fourth-order valence-electron chi connectivity index (χ4n) is 5.17. The fraction of sp³-hybridized carbons (Fsp3) is 0.370. The van der Waals surface area contributed by atoms with Crippen LogP contribution in [0.4, 0.5) is 5.82 Å². The Labute approximate surface area is 215 Å². The van der Waals surface area contributed by atoms with Crippen LogP contribution in [0.25, 0.3) is 22.2 Å². The van der Waals surface area contributed by atoms with Gasteiger partial charge in [0.05, 0.1) is 17.5 Å². The van der Waals surface area contributed by atoms with Crippen molar-refractivity contribution in [3.8, 4) is 28.7 Å². The number of halogens is 1. The van der Waals surface area contributed by atoms with E-state index in [4.69, 9.17) is 22.1 Å². The number of anilines is 1. The summed E-state index contributed by atoms with van der Waals surface area (Å²) in [4.78, 5) is 24.9. The maximum absolute atomic E-state index is 11.8. The van der Waals surface area contributed by atoms with Crippen LogP contribution in [-0.4, -0.2) is 69.6 Å². The standard InChI is InChI=1S/C27H29ClN6O2/c1-4-23(35)33-11-9-19(10-12-33)34-14-17(15-34)5-8-21-24(18-6-7-20(28)22(13-18)36-3)25-26(29)30-16-31-27(25)32(21)2/h4,6-7,13,16-17,19H,1,9-12,14-15H2,2-3H3,(H2,29,30,31). The van der Waals surface area contributed by atoms with Gasteiger partial charge in [0.25, 0.3) is 0 Å². The molecule has 0 unspecified atom stereocenters. The molecule has 1 aromatic carbocycles. The van der Waals surface area contributed by atoms with Crippen molar-refractivity contribution >= 4 is 34.4 Å². The quantitative estimate of drug-likeness (QED) is 0.433. The molecular formula is C27H29ClN6O2. The van der Waals surface area contributed by atoms with Gasteiger partial charge in [-0.25, -0.2) is 9.97 Å². The highest BCUT2D eigenvalue weighted by Gasteiger charge is 2.34. The molecule has 2 aliphatic heterocycles. The van der Waals surface area contributed by atoms with Gasteiger partial charge >= 0.3 is 0 Å². The second kappa shape index (κ2) is 9.84. The van der Waals surface area contributed by atoms with Crippen molar-refractivity contribution in [3.63, 3.8) is 0 Å². The van der Waals surface area contributed by atoms with Gasteiger partial charge in [-0.1, -0.05) is 30.2 Å². The van der Waals surface area contributed by atoms with E-state index in [1.807, 2.05) is 34.7 Å². The van der Waals surface area contributed by atoms with Crippen molar-refractivity contribution < 1.29 is 9.53 Å². The zero-order chi connectivity index (χ0) is 25.4. The number of ether oxygens (including phenoxy) is 1. The summed E-state index contributed by atoms with van der Waals surface area (Å²) in [6.45, 7) is 7.03. The van der Waals surface area contributed by atoms with Crippen LogP contribution in [0.5, 0.6) is 5.75 Å². The lowest BCUT2D eigenvalue weighted by molar-refractivity contribution is -0.127. The van der Waals surface area contributed by atoms with Crippen LogP contribution < -0.4 is 10.5 Å². The Bertz CT molecular complexity index is 1390. The third-order valence-electron chi connectivity index (χ3n) is 7.21. The van der Waals surface area contributed by atoms with Crippen LogP contribution in [0.2, 0.25) is 5.02 Å². The van der Waals surface area contributed by atoms with Gasteiger partial charge in [-0.05, 0) is 42.5 Å². The lowest BCUT2D eigenvalue weighted by atomic mass is 9.93. The first kappa shape index (κ1) is 24.2. The number of fused-ring (bicyclic) bond motifs is 1. The van der Waals surface area contributed by atoms with Crippen LogP contribution in [-0.2, 0) is 11.8 Å². The van der Waals surface area contributed by atoms with Crippen LogP contribution in [0, 0.1) is 17.8 Å². The Morgan fingerprint density at radius 2 is 2.03 bits per heavy atom. The monoisotopic (exact) mass is 504 g/mol. The molecule has 0 saturated carbocycles. The lowest BCUT2D eigenvalue weighted by Gasteiger charge is -2.45. The molecule has 0 radical (unpaired) electrons. The van der Waals surface area contributed by atoms with Gasteiger partial charge in [0.15, 0.2) is 0 Å². The van der Waals surface area contributed by atoms with Crippen molar-refractivity contribution in [2.24, 2.45) is 13.0 Å². The number of carbonyl (C=O) groups excluding carboxylic acids is 1. The molecule has 2 N–H and O–H groups in total. The number of aromatic nitrogens is 3. The summed E-state index contributed by atoms with van der Waals surface area (Å²) in [6, 6.07) is 6.14. The Morgan fingerprint density at radius 1 is 1.28 bits per heavy atom. The average Bonchev–Trinajstić information content (AvgIpc) is 3.16. The van der Waals surface area contributed by atoms with E-state index in [-0.39, 0.29) is 11.8 Å². The fourth-order valence-corrected chi connectivity index (χ4v) is 5.37. The van der Waals surface area contributed by atoms with E-state index in [0.29, 0.717) is 22.6 Å². The Kier molecular flexibility index (Phi) is 6.61. The zero-order valence-corrected chi connectivity index (χ0v) is 21.3. The summed E-state index contributed by atoms with van der Waals surface area (Å²) < 4.78 is 7.42. The van der Waals surface area contributed by atoms with E-state index < -0.39 is 0 Å². The predicted octanol–water partition coefficient (Wildman–Crippen LogP) is 3.34. The molecule has 1 amide bonds. The van der Waals surface area contributed by atoms with Crippen LogP contribution in [0.15, 0.2) is 37.2 Å². The molecule has 9 heteroatoms. The number of methoxy groups -OCH3 is 1. The summed E-state index contributed by atoms with van der Waals surface area (Å²) in [6.07, 6.45) is 4.85. The molecule has 2 saturated heterocycles. The summed E-state index contributed by atoms with van der Waals surface area (Å²) in [5.74, 6) is 8.20. The molecule has 0 aliphatic carbocycles. The molecular weight excluding hydrogens is 476 g/mol. The molecule has 8 nitrogen and oxygen atoms in total. The van der Waals surface area contributed by atoms with E-state index in [2.05, 4.69) is 33.3 Å². The number of piperidine rings is 1. The number of carbonyl (C=O) groups is 1. The second-order valence-electron chi connectivity index (χ2n) is 9.27. The number of hydrogen-bond acceptors (Lipinski definition) is 6. The minimum atomic E-state index is 0.0233. The smallest absolute Gasteiger partial charge is 0.245 e. The maximum atomic E-state index is 11.8. The zero-order valence-electron chi connectivity index (χ0n) is 20.5. The maximum Gasteiger partial charge on any atom is 0.245 e. The van der Waals surface area contributed by atoms with E-state index in [1.54, 1.807) is 7.11 Å². The van der Waals surface area contributed by atoms with E-state index >= 15 is 0 Å². The van der Waals surface area contributed by atoms with E-state index in [9.17, 15) is 4.79 Å². The number of amides is 1. The summed E-state index contributed by atoms with van der Waals surface area (Å²) in [5, 5.41) is 1.30. The average molecular weight is 505 g/mol. The minimum absolute atomic E-state index is 0.0233. The highest BCUT2D eigenvalue weighted by molar-refractivity contribution is 6.32. The van der Waals surface area contributed by atoms with Gasteiger partial charge in [-0.15, -0.1) is 0 Å². The van der Waals surface area contributed by atoms with Gasteiger partial charge in [0, 0.05) is 50.7 Å². The number of benzene rings is 1. The van der Waals surface area contributed by atoms with Gasteiger partial charge in [0.1, 0.15) is 29.2 Å². The van der Waals surface area contributed by atoms with Crippen molar-refractivity contribution in [2.45, 2.75) is 18.9 Å². The number of likely N-dealkylation sites (tertiary alicyclic amines) is 2. The predicted molar refractivity (Wildman–Crippen MR) is 142 cm³/mol. The summed E-state index contributed by atoms with van der Waals surface area (Å²) in [7, 11) is 3.54. The van der Waals surface area contributed by atoms with Crippen LogP contribution in [0.1, 0.15) is 18.5 Å². The molecule has 5 rings (SSSR count). The van der Waals surface area contributed by atoms with Crippen molar-refractivity contribution in [2.75, 3.05) is 39.0 Å². The molecule has 3 aromatic rings. The van der Waals surface area contributed by atoms with Crippen molar-refractivity contribution in [1.82, 2.24) is 24.3 Å². The van der Waals surface area contributed by atoms with Crippen molar-refractivity contribution in [3.05, 3.63) is 47.9 Å². The van der Waals surface area contributed by atoms with Gasteiger partial charge in [-0.3, -0.25) is 9.69 Å². The van der Waals surface area contributed by atoms with Gasteiger partial charge < -0.3 is 19.9 Å². The number of aryl methyl sites for hydroxylation is 1. The minimum Gasteiger partial charge on any atom is -0.495 e. The van der Waals surface area contributed by atoms with Gasteiger partial charge in [0.2, 0.25) is 5.91 Å². The van der Waals surface area contributed by atoms with Gasteiger partial charge in [-0.2, -0.15) is 0 Å². The van der Waals surface area contributed by atoms with E-state index in [1.165, 1.54) is 12.4 Å². The van der Waals surface area contributed by atoms with Crippen molar-refractivity contribution in [1.29, 1.82) is 0 Å². The molecule has 2 aliphatic rings. The molecule has 0 bridgehead atoms. The first-order valence-corrected chi connectivity index (χ1v) is 12.4. The number of nitrogen functional groups attached to an aromatic ring is 1. The third-order valence-corrected chi connectivity index (χ3v) is 7.52. The topological polar surface area (TPSA) is 89.5 Å². The molecule has 4 heterocycles. The summed E-state index contributed by atoms with van der Waals surface area (Å²) in [5.41, 5.74) is 9.63. The number of hydrogen-bond donors (Lipinski definition) is 1. The Morgan fingerprint density at radius 3 is 2.72 bits per heavy atom. The first-order valence-electron chi connectivity index (χ1n) is 12.0. The van der Waals surface area contributed by atoms with E-state index in [0.717, 1.165) is 66.9 Å². The lowest BCUT2D eigenvalue weighted by Crippen LogP contribution is -2.55. The molecule has 186 valence electrons.